The molecule has 2 amide bonds. The Labute approximate surface area is 194 Å². The van der Waals surface area contributed by atoms with Crippen molar-refractivity contribution in [2.75, 3.05) is 9.96 Å². The van der Waals surface area contributed by atoms with E-state index in [9.17, 15) is 9.59 Å². The van der Waals surface area contributed by atoms with Crippen LogP contribution < -0.4 is 9.96 Å². The van der Waals surface area contributed by atoms with Gasteiger partial charge in [0.15, 0.2) is 6.10 Å². The Morgan fingerprint density at radius 1 is 0.788 bits per heavy atom. The number of amides is 2. The number of carbonyl (C=O) groups excluding carboxylic acids is 2. The average Bonchev–Trinajstić information content (AvgIpc) is 3.31. The fourth-order valence-corrected chi connectivity index (χ4v) is 4.78. The molecule has 0 N–H and O–H groups in total. The highest BCUT2D eigenvalue weighted by molar-refractivity contribution is 6.24. The van der Waals surface area contributed by atoms with Gasteiger partial charge < -0.3 is 0 Å². The Bertz CT molecular complexity index is 1200. The third kappa shape index (κ3) is 3.53. The molecule has 3 atom stereocenters. The van der Waals surface area contributed by atoms with Crippen molar-refractivity contribution < 1.29 is 14.4 Å². The van der Waals surface area contributed by atoms with Gasteiger partial charge in [0, 0.05) is 0 Å². The Morgan fingerprint density at radius 3 is 2.06 bits per heavy atom. The second kappa shape index (κ2) is 7.85. The van der Waals surface area contributed by atoms with E-state index in [0.717, 1.165) is 16.8 Å². The van der Waals surface area contributed by atoms with Crippen LogP contribution in [0.4, 0.5) is 11.4 Å². The van der Waals surface area contributed by atoms with Crippen molar-refractivity contribution in [1.29, 1.82) is 0 Å². The molecule has 2 saturated heterocycles. The monoisotopic (exact) mass is 440 g/mol. The lowest BCUT2D eigenvalue weighted by atomic mass is 9.84. The minimum absolute atomic E-state index is 0.0210. The second-order valence-corrected chi connectivity index (χ2v) is 9.83. The molecular formula is C28H28N2O3. The van der Waals surface area contributed by atoms with E-state index in [0.29, 0.717) is 5.69 Å². The van der Waals surface area contributed by atoms with Gasteiger partial charge in [-0.3, -0.25) is 14.4 Å². The molecule has 0 saturated carbocycles. The molecular weight excluding hydrogens is 412 g/mol. The van der Waals surface area contributed by atoms with Gasteiger partial charge >= 0.3 is 0 Å². The van der Waals surface area contributed by atoms with Gasteiger partial charge in [-0.05, 0) is 47.2 Å². The van der Waals surface area contributed by atoms with E-state index >= 15 is 0 Å². The number of nitrogens with zero attached hydrogens (tertiary/aromatic N) is 2. The van der Waals surface area contributed by atoms with Crippen LogP contribution >= 0.6 is 0 Å². The number of carbonyl (C=O) groups is 2. The summed E-state index contributed by atoms with van der Waals surface area (Å²) in [5.41, 5.74) is 4.51. The summed E-state index contributed by atoms with van der Waals surface area (Å²) in [5, 5.41) is 1.74. The summed E-state index contributed by atoms with van der Waals surface area (Å²) in [6.07, 6.45) is -0.857. The Hall–Kier alpha value is -3.44. The smallest absolute Gasteiger partial charge is 0.266 e. The number of hydroxylamine groups is 1. The molecule has 3 aromatic rings. The SMILES string of the molecule is Cc1ccccc1N1C(=O)C2ON(c3ccccc3)C(c3ccc(C(C)(C)C)cc3)C2C1=O. The summed E-state index contributed by atoms with van der Waals surface area (Å²) in [7, 11) is 0. The van der Waals surface area contributed by atoms with E-state index in [1.54, 1.807) is 5.06 Å². The van der Waals surface area contributed by atoms with Crippen molar-refractivity contribution in [1.82, 2.24) is 0 Å². The molecule has 2 aliphatic heterocycles. The number of benzene rings is 3. The first-order valence-electron chi connectivity index (χ1n) is 11.3. The number of hydrogen-bond acceptors (Lipinski definition) is 4. The van der Waals surface area contributed by atoms with E-state index < -0.39 is 18.1 Å². The topological polar surface area (TPSA) is 49.9 Å². The number of para-hydroxylation sites is 2. The zero-order chi connectivity index (χ0) is 23.3. The third-order valence-electron chi connectivity index (χ3n) is 6.60. The van der Waals surface area contributed by atoms with Gasteiger partial charge in [0.2, 0.25) is 5.91 Å². The summed E-state index contributed by atoms with van der Waals surface area (Å²) in [6.45, 7) is 8.43. The lowest BCUT2D eigenvalue weighted by Crippen LogP contribution is -2.37. The van der Waals surface area contributed by atoms with Crippen LogP contribution in [0.1, 0.15) is 43.5 Å². The fraction of sp³-hybridized carbons (Fsp3) is 0.286. The van der Waals surface area contributed by atoms with Gasteiger partial charge in [-0.15, -0.1) is 0 Å². The highest BCUT2D eigenvalue weighted by atomic mass is 16.7. The predicted molar refractivity (Wildman–Crippen MR) is 129 cm³/mol. The summed E-state index contributed by atoms with van der Waals surface area (Å²) < 4.78 is 0. The molecule has 0 aliphatic carbocycles. The summed E-state index contributed by atoms with van der Waals surface area (Å²) >= 11 is 0. The first kappa shape index (κ1) is 21.4. The van der Waals surface area contributed by atoms with Gasteiger partial charge in [-0.25, -0.2) is 9.96 Å². The van der Waals surface area contributed by atoms with Crippen LogP contribution in [0.3, 0.4) is 0 Å². The maximum atomic E-state index is 13.7. The van der Waals surface area contributed by atoms with Gasteiger partial charge in [0.1, 0.15) is 5.92 Å². The first-order chi connectivity index (χ1) is 15.8. The van der Waals surface area contributed by atoms with Crippen molar-refractivity contribution in [3.05, 3.63) is 95.6 Å². The molecule has 0 bridgehead atoms. The number of fused-ring (bicyclic) bond motifs is 1. The van der Waals surface area contributed by atoms with Gasteiger partial charge in [-0.2, -0.15) is 0 Å². The lowest BCUT2D eigenvalue weighted by Gasteiger charge is -2.29. The molecule has 3 aromatic carbocycles. The first-order valence-corrected chi connectivity index (χ1v) is 11.3. The maximum Gasteiger partial charge on any atom is 0.266 e. The van der Waals surface area contributed by atoms with E-state index in [2.05, 4.69) is 45.0 Å². The van der Waals surface area contributed by atoms with Crippen LogP contribution in [0.15, 0.2) is 78.9 Å². The molecule has 0 aromatic heterocycles. The van der Waals surface area contributed by atoms with Gasteiger partial charge in [0.25, 0.3) is 5.91 Å². The molecule has 2 aliphatic rings. The number of anilines is 2. The molecule has 5 rings (SSSR count). The summed E-state index contributed by atoms with van der Waals surface area (Å²) in [6, 6.07) is 25.0. The zero-order valence-electron chi connectivity index (χ0n) is 19.4. The van der Waals surface area contributed by atoms with Crippen LogP contribution in [-0.2, 0) is 19.8 Å². The maximum absolute atomic E-state index is 13.7. The molecule has 3 unspecified atom stereocenters. The van der Waals surface area contributed by atoms with E-state index in [-0.39, 0.29) is 17.2 Å². The molecule has 0 spiro atoms. The van der Waals surface area contributed by atoms with Crippen LogP contribution in [0.5, 0.6) is 0 Å². The Kier molecular flexibility index (Phi) is 5.09. The minimum atomic E-state index is -0.857. The van der Waals surface area contributed by atoms with E-state index in [1.165, 1.54) is 10.5 Å². The van der Waals surface area contributed by atoms with Crippen LogP contribution in [-0.4, -0.2) is 17.9 Å². The largest absolute Gasteiger partial charge is 0.273 e. The Balaban J connectivity index is 1.58. The Morgan fingerprint density at radius 2 is 1.42 bits per heavy atom. The standard InChI is InChI=1S/C28H28N2O3/c1-18-10-8-9-13-22(18)29-26(31)23-24(19-14-16-20(17-15-19)28(2,3)4)30(33-25(23)27(29)32)21-11-6-5-7-12-21/h5-17,23-25H,1-4H3. The molecule has 5 heteroatoms. The second-order valence-electron chi connectivity index (χ2n) is 9.83. The molecule has 2 heterocycles. The van der Waals surface area contributed by atoms with Crippen LogP contribution in [0.2, 0.25) is 0 Å². The number of hydrogen-bond donors (Lipinski definition) is 0. The van der Waals surface area contributed by atoms with Crippen molar-refractivity contribution in [2.45, 2.75) is 45.3 Å². The highest BCUT2D eigenvalue weighted by Crippen LogP contribution is 2.48. The molecule has 33 heavy (non-hydrogen) atoms. The third-order valence-corrected chi connectivity index (χ3v) is 6.60. The molecule has 0 radical (unpaired) electrons. The number of imide groups is 1. The van der Waals surface area contributed by atoms with Crippen molar-refractivity contribution >= 4 is 23.2 Å². The summed E-state index contributed by atoms with van der Waals surface area (Å²) in [5.74, 6) is -1.16. The lowest BCUT2D eigenvalue weighted by molar-refractivity contribution is -0.126. The average molecular weight is 441 g/mol. The quantitative estimate of drug-likeness (QED) is 0.516. The van der Waals surface area contributed by atoms with Crippen LogP contribution in [0.25, 0.3) is 0 Å². The van der Waals surface area contributed by atoms with Gasteiger partial charge in [-0.1, -0.05) is 81.4 Å². The van der Waals surface area contributed by atoms with E-state index in [4.69, 9.17) is 4.84 Å². The van der Waals surface area contributed by atoms with Crippen molar-refractivity contribution in [3.8, 4) is 0 Å². The van der Waals surface area contributed by atoms with E-state index in [1.807, 2.05) is 61.5 Å². The fourth-order valence-electron chi connectivity index (χ4n) is 4.78. The van der Waals surface area contributed by atoms with Crippen molar-refractivity contribution in [2.24, 2.45) is 5.92 Å². The molecule has 2 fully saturated rings. The van der Waals surface area contributed by atoms with Gasteiger partial charge in [0.05, 0.1) is 17.4 Å². The number of aryl methyl sites for hydroxylation is 1. The number of rotatable bonds is 3. The predicted octanol–water partition coefficient (Wildman–Crippen LogP) is 5.34. The zero-order valence-corrected chi connectivity index (χ0v) is 19.4. The van der Waals surface area contributed by atoms with Crippen molar-refractivity contribution in [3.63, 3.8) is 0 Å². The molecule has 5 nitrogen and oxygen atoms in total. The minimum Gasteiger partial charge on any atom is -0.273 e. The summed E-state index contributed by atoms with van der Waals surface area (Å²) in [4.78, 5) is 34.7. The normalized spacial score (nSPS) is 22.7. The highest BCUT2D eigenvalue weighted by Gasteiger charge is 2.60. The van der Waals surface area contributed by atoms with Crippen LogP contribution in [0, 0.1) is 12.8 Å². The molecule has 168 valence electrons.